The molecule has 3 rings (SSSR count). The van der Waals surface area contributed by atoms with Crippen molar-refractivity contribution in [3.8, 4) is 0 Å². The van der Waals surface area contributed by atoms with E-state index in [-0.39, 0.29) is 12.0 Å². The SMILES string of the molecule is O=C(CC1CCCO1)Nc1ncc(Cc2ccc(F)c(F)c2)s1. The molecule has 122 valence electrons. The zero-order valence-electron chi connectivity index (χ0n) is 12.4. The van der Waals surface area contributed by atoms with Crippen molar-refractivity contribution in [1.82, 2.24) is 4.98 Å². The molecule has 4 nitrogen and oxygen atoms in total. The molecule has 0 saturated carbocycles. The maximum absolute atomic E-state index is 13.2. The van der Waals surface area contributed by atoms with Gasteiger partial charge in [-0.3, -0.25) is 4.79 Å². The lowest BCUT2D eigenvalue weighted by Crippen LogP contribution is -2.19. The van der Waals surface area contributed by atoms with Crippen molar-refractivity contribution in [3.63, 3.8) is 0 Å². The van der Waals surface area contributed by atoms with Crippen LogP contribution in [-0.2, 0) is 16.0 Å². The van der Waals surface area contributed by atoms with Crippen molar-refractivity contribution in [3.05, 3.63) is 46.5 Å². The van der Waals surface area contributed by atoms with Crippen LogP contribution in [0.5, 0.6) is 0 Å². The van der Waals surface area contributed by atoms with Gasteiger partial charge < -0.3 is 10.1 Å². The van der Waals surface area contributed by atoms with Gasteiger partial charge in [0, 0.05) is 24.1 Å². The fourth-order valence-electron chi connectivity index (χ4n) is 2.48. The quantitative estimate of drug-likeness (QED) is 0.907. The van der Waals surface area contributed by atoms with Crippen LogP contribution in [0.1, 0.15) is 29.7 Å². The summed E-state index contributed by atoms with van der Waals surface area (Å²) in [5.74, 6) is -1.84. The molecule has 2 heterocycles. The lowest BCUT2D eigenvalue weighted by molar-refractivity contribution is -0.118. The summed E-state index contributed by atoms with van der Waals surface area (Å²) in [5, 5.41) is 3.26. The zero-order valence-corrected chi connectivity index (χ0v) is 13.2. The minimum Gasteiger partial charge on any atom is -0.378 e. The molecule has 2 aromatic rings. The topological polar surface area (TPSA) is 51.2 Å². The van der Waals surface area contributed by atoms with Gasteiger partial charge in [0.15, 0.2) is 16.8 Å². The van der Waals surface area contributed by atoms with E-state index in [1.54, 1.807) is 6.20 Å². The summed E-state index contributed by atoms with van der Waals surface area (Å²) in [6.45, 7) is 0.716. The van der Waals surface area contributed by atoms with E-state index in [0.29, 0.717) is 30.1 Å². The van der Waals surface area contributed by atoms with Crippen LogP contribution in [-0.4, -0.2) is 23.6 Å². The Kier molecular flexibility index (Phi) is 4.97. The summed E-state index contributed by atoms with van der Waals surface area (Å²) in [7, 11) is 0. The number of nitrogens with zero attached hydrogens (tertiary/aromatic N) is 1. The number of nitrogens with one attached hydrogen (secondary N) is 1. The number of halogens is 2. The van der Waals surface area contributed by atoms with Crippen LogP contribution in [0.25, 0.3) is 0 Å². The molecule has 1 aliphatic heterocycles. The molecule has 1 atom stereocenters. The third-order valence-corrected chi connectivity index (χ3v) is 4.51. The van der Waals surface area contributed by atoms with Crippen LogP contribution in [0.4, 0.5) is 13.9 Å². The Labute approximate surface area is 136 Å². The first-order valence-corrected chi connectivity index (χ1v) is 8.22. The second-order valence-electron chi connectivity index (χ2n) is 5.44. The van der Waals surface area contributed by atoms with E-state index in [9.17, 15) is 13.6 Å². The molecule has 23 heavy (non-hydrogen) atoms. The molecule has 1 amide bonds. The lowest BCUT2D eigenvalue weighted by atomic mass is 10.1. The molecular formula is C16H16F2N2O2S. The third-order valence-electron chi connectivity index (χ3n) is 3.60. The largest absolute Gasteiger partial charge is 0.378 e. The summed E-state index contributed by atoms with van der Waals surface area (Å²) in [4.78, 5) is 16.9. The molecule has 1 aliphatic rings. The Morgan fingerprint density at radius 2 is 2.26 bits per heavy atom. The van der Waals surface area contributed by atoms with Crippen LogP contribution >= 0.6 is 11.3 Å². The molecule has 0 spiro atoms. The van der Waals surface area contributed by atoms with E-state index in [4.69, 9.17) is 4.74 Å². The highest BCUT2D eigenvalue weighted by Crippen LogP contribution is 2.23. The number of carbonyl (C=O) groups is 1. The van der Waals surface area contributed by atoms with Gasteiger partial charge >= 0.3 is 0 Å². The molecule has 1 fully saturated rings. The predicted octanol–water partition coefficient (Wildman–Crippen LogP) is 3.52. The first-order chi connectivity index (χ1) is 11.1. The second kappa shape index (κ2) is 7.14. The first kappa shape index (κ1) is 16.0. The van der Waals surface area contributed by atoms with E-state index in [1.165, 1.54) is 23.5 Å². The first-order valence-electron chi connectivity index (χ1n) is 7.40. The van der Waals surface area contributed by atoms with Gasteiger partial charge in [-0.25, -0.2) is 13.8 Å². The molecule has 7 heteroatoms. The van der Waals surface area contributed by atoms with Crippen LogP contribution < -0.4 is 5.32 Å². The molecule has 0 radical (unpaired) electrons. The highest BCUT2D eigenvalue weighted by atomic mass is 32.1. The summed E-state index contributed by atoms with van der Waals surface area (Å²) >= 11 is 1.32. The fraction of sp³-hybridized carbons (Fsp3) is 0.375. The van der Waals surface area contributed by atoms with E-state index < -0.39 is 11.6 Å². The molecular weight excluding hydrogens is 322 g/mol. The molecule has 1 unspecified atom stereocenters. The number of carbonyl (C=O) groups excluding carboxylic acids is 1. The Morgan fingerprint density at radius 1 is 1.39 bits per heavy atom. The maximum Gasteiger partial charge on any atom is 0.228 e. The maximum atomic E-state index is 13.2. The average Bonchev–Trinajstić information content (AvgIpc) is 3.15. The molecule has 1 saturated heterocycles. The minimum absolute atomic E-state index is 0.00313. The van der Waals surface area contributed by atoms with Crippen molar-refractivity contribution < 1.29 is 18.3 Å². The Hall–Kier alpha value is -1.86. The summed E-state index contributed by atoms with van der Waals surface area (Å²) in [5.41, 5.74) is 0.657. The van der Waals surface area contributed by atoms with E-state index in [1.807, 2.05) is 0 Å². The number of ether oxygens (including phenoxy) is 1. The number of thiazole rings is 1. The monoisotopic (exact) mass is 338 g/mol. The highest BCUT2D eigenvalue weighted by Gasteiger charge is 2.19. The van der Waals surface area contributed by atoms with Crippen molar-refractivity contribution in [2.75, 3.05) is 11.9 Å². The molecule has 0 bridgehead atoms. The van der Waals surface area contributed by atoms with Gasteiger partial charge in [0.1, 0.15) is 0 Å². The number of hydrogen-bond acceptors (Lipinski definition) is 4. The molecule has 1 N–H and O–H groups in total. The van der Waals surface area contributed by atoms with Gasteiger partial charge in [0.25, 0.3) is 0 Å². The van der Waals surface area contributed by atoms with E-state index in [2.05, 4.69) is 10.3 Å². The summed E-state index contributed by atoms with van der Waals surface area (Å²) < 4.78 is 31.5. The van der Waals surface area contributed by atoms with Gasteiger partial charge in [-0.1, -0.05) is 6.07 Å². The summed E-state index contributed by atoms with van der Waals surface area (Å²) in [6.07, 6.45) is 4.30. The van der Waals surface area contributed by atoms with Crippen LogP contribution in [0.3, 0.4) is 0 Å². The molecule has 1 aromatic heterocycles. The van der Waals surface area contributed by atoms with Crippen molar-refractivity contribution in [2.45, 2.75) is 31.8 Å². The molecule has 1 aromatic carbocycles. The Morgan fingerprint density at radius 3 is 3.00 bits per heavy atom. The van der Waals surface area contributed by atoms with Crippen molar-refractivity contribution in [2.24, 2.45) is 0 Å². The number of amides is 1. The normalized spacial score (nSPS) is 17.4. The smallest absolute Gasteiger partial charge is 0.228 e. The number of rotatable bonds is 5. The van der Waals surface area contributed by atoms with Crippen molar-refractivity contribution in [1.29, 1.82) is 0 Å². The van der Waals surface area contributed by atoms with Gasteiger partial charge in [0.05, 0.1) is 12.5 Å². The zero-order chi connectivity index (χ0) is 16.2. The fourth-order valence-corrected chi connectivity index (χ4v) is 3.34. The van der Waals surface area contributed by atoms with Crippen molar-refractivity contribution >= 4 is 22.4 Å². The van der Waals surface area contributed by atoms with Gasteiger partial charge in [-0.05, 0) is 30.5 Å². The number of hydrogen-bond donors (Lipinski definition) is 1. The minimum atomic E-state index is -0.864. The number of benzene rings is 1. The number of anilines is 1. The number of aromatic nitrogens is 1. The van der Waals surface area contributed by atoms with Crippen LogP contribution in [0.2, 0.25) is 0 Å². The summed E-state index contributed by atoms with van der Waals surface area (Å²) in [6, 6.07) is 3.81. The average molecular weight is 338 g/mol. The highest BCUT2D eigenvalue weighted by molar-refractivity contribution is 7.15. The Balaban J connectivity index is 1.56. The van der Waals surface area contributed by atoms with Gasteiger partial charge in [-0.2, -0.15) is 0 Å². The Bertz CT molecular complexity index is 699. The van der Waals surface area contributed by atoms with Gasteiger partial charge in [0.2, 0.25) is 5.91 Å². The predicted molar refractivity (Wildman–Crippen MR) is 83.5 cm³/mol. The lowest BCUT2D eigenvalue weighted by Gasteiger charge is -2.07. The van der Waals surface area contributed by atoms with Gasteiger partial charge in [-0.15, -0.1) is 11.3 Å². The van der Waals surface area contributed by atoms with E-state index >= 15 is 0 Å². The van der Waals surface area contributed by atoms with Crippen LogP contribution in [0.15, 0.2) is 24.4 Å². The standard InChI is InChI=1S/C16H16F2N2O2S/c17-13-4-3-10(7-14(13)18)6-12-9-19-16(23-12)20-15(21)8-11-2-1-5-22-11/h3-4,7,9,11H,1-2,5-6,8H2,(H,19,20,21). The third kappa shape index (κ3) is 4.33. The van der Waals surface area contributed by atoms with E-state index in [0.717, 1.165) is 23.8 Å². The second-order valence-corrected chi connectivity index (χ2v) is 6.56. The molecule has 0 aliphatic carbocycles. The van der Waals surface area contributed by atoms with Crippen LogP contribution in [0, 0.1) is 11.6 Å².